The van der Waals surface area contributed by atoms with Crippen molar-refractivity contribution in [2.24, 2.45) is 0 Å². The molecule has 10 heteroatoms. The van der Waals surface area contributed by atoms with E-state index >= 15 is 0 Å². The van der Waals surface area contributed by atoms with Crippen LogP contribution >= 0.6 is 0 Å². The molecule has 1 N–H and O–H groups in total. The molecule has 7 nitrogen and oxygen atoms in total. The summed E-state index contributed by atoms with van der Waals surface area (Å²) in [6.07, 6.45) is 0.911. The lowest BCUT2D eigenvalue weighted by Gasteiger charge is -2.32. The van der Waals surface area contributed by atoms with Crippen LogP contribution in [0.15, 0.2) is 48.5 Å². The molecule has 1 atom stereocenters. The van der Waals surface area contributed by atoms with Gasteiger partial charge in [-0.3, -0.25) is 13.9 Å². The second-order valence-electron chi connectivity index (χ2n) is 9.42. The molecule has 0 radical (unpaired) electrons. The molecule has 0 saturated heterocycles. The number of para-hydroxylation sites is 1. The number of anilines is 1. The minimum atomic E-state index is -3.81. The maximum Gasteiger partial charge on any atom is 0.242 e. The molecule has 0 bridgehead atoms. The Balaban J connectivity index is 2.21. The highest BCUT2D eigenvalue weighted by atomic mass is 32.2. The van der Waals surface area contributed by atoms with Crippen molar-refractivity contribution < 1.29 is 26.8 Å². The molecule has 0 aliphatic heterocycles. The number of halogens is 2. The third kappa shape index (κ3) is 8.31. The van der Waals surface area contributed by atoms with Crippen LogP contribution in [-0.4, -0.2) is 49.5 Å². The SMILES string of the molecule is C[C@H](C(=O)NC(C)(C)C)N(Cc1ccccc1F)C(=O)CCCN(c1ccccc1F)S(C)(=O)=O. The van der Waals surface area contributed by atoms with Crippen LogP contribution < -0.4 is 9.62 Å². The van der Waals surface area contributed by atoms with Crippen molar-refractivity contribution in [3.63, 3.8) is 0 Å². The van der Waals surface area contributed by atoms with E-state index in [2.05, 4.69) is 5.32 Å². The van der Waals surface area contributed by atoms with Crippen LogP contribution in [0.5, 0.6) is 0 Å². The van der Waals surface area contributed by atoms with Gasteiger partial charge in [0, 0.05) is 30.6 Å². The maximum atomic E-state index is 14.3. The van der Waals surface area contributed by atoms with E-state index in [0.717, 1.165) is 16.6 Å². The molecule has 192 valence electrons. The molecule has 2 aromatic rings. The van der Waals surface area contributed by atoms with Crippen molar-refractivity contribution >= 4 is 27.5 Å². The molecule has 0 unspecified atom stereocenters. The molecular weight excluding hydrogens is 476 g/mol. The minimum absolute atomic E-state index is 0.0711. The van der Waals surface area contributed by atoms with E-state index < -0.39 is 45.1 Å². The van der Waals surface area contributed by atoms with Crippen molar-refractivity contribution in [3.05, 3.63) is 65.7 Å². The third-order valence-corrected chi connectivity index (χ3v) is 6.42. The van der Waals surface area contributed by atoms with Crippen LogP contribution in [0.3, 0.4) is 0 Å². The molecule has 0 heterocycles. The Morgan fingerprint density at radius 3 is 2.11 bits per heavy atom. The zero-order chi connectivity index (χ0) is 26.4. The van der Waals surface area contributed by atoms with Crippen molar-refractivity contribution in [1.29, 1.82) is 0 Å². The molecule has 0 aromatic heterocycles. The van der Waals surface area contributed by atoms with Gasteiger partial charge in [-0.2, -0.15) is 0 Å². The number of rotatable bonds is 10. The van der Waals surface area contributed by atoms with E-state index in [0.29, 0.717) is 0 Å². The molecule has 0 aliphatic rings. The average Bonchev–Trinajstić information content (AvgIpc) is 2.74. The van der Waals surface area contributed by atoms with Gasteiger partial charge in [-0.1, -0.05) is 30.3 Å². The monoisotopic (exact) mass is 509 g/mol. The highest BCUT2D eigenvalue weighted by Crippen LogP contribution is 2.22. The standard InChI is InChI=1S/C25H33F2N3O4S/c1-18(24(32)28-25(2,3)4)29(17-19-11-6-7-12-20(19)26)23(31)15-10-16-30(35(5,33)34)22-14-9-8-13-21(22)27/h6-9,11-14,18H,10,15-17H2,1-5H3,(H,28,32)/t18-/m1/s1. The number of carbonyl (C=O) groups is 2. The van der Waals surface area contributed by atoms with Crippen LogP contribution in [-0.2, 0) is 26.2 Å². The van der Waals surface area contributed by atoms with Crippen LogP contribution in [0.2, 0.25) is 0 Å². The third-order valence-electron chi connectivity index (χ3n) is 5.24. The number of nitrogens with zero attached hydrogens (tertiary/aromatic N) is 2. The van der Waals surface area contributed by atoms with Crippen molar-refractivity contribution in [3.8, 4) is 0 Å². The number of hydrogen-bond acceptors (Lipinski definition) is 4. The Bertz CT molecular complexity index is 1150. The van der Waals surface area contributed by atoms with Gasteiger partial charge in [0.1, 0.15) is 17.7 Å². The lowest BCUT2D eigenvalue weighted by atomic mass is 10.1. The van der Waals surface area contributed by atoms with Crippen molar-refractivity contribution in [2.45, 2.75) is 58.7 Å². The van der Waals surface area contributed by atoms with Crippen molar-refractivity contribution in [1.82, 2.24) is 10.2 Å². The number of sulfonamides is 1. The summed E-state index contributed by atoms with van der Waals surface area (Å²) in [4.78, 5) is 27.2. The molecule has 0 spiro atoms. The molecule has 2 rings (SSSR count). The highest BCUT2D eigenvalue weighted by Gasteiger charge is 2.29. The molecule has 2 amide bonds. The van der Waals surface area contributed by atoms with Crippen molar-refractivity contribution in [2.75, 3.05) is 17.1 Å². The van der Waals surface area contributed by atoms with E-state index in [1.807, 2.05) is 20.8 Å². The van der Waals surface area contributed by atoms with Crippen LogP contribution in [0.25, 0.3) is 0 Å². The lowest BCUT2D eigenvalue weighted by Crippen LogP contribution is -2.52. The molecule has 0 aliphatic carbocycles. The summed E-state index contributed by atoms with van der Waals surface area (Å²) < 4.78 is 54.0. The zero-order valence-electron chi connectivity index (χ0n) is 20.7. The predicted octanol–water partition coefficient (Wildman–Crippen LogP) is 3.84. The normalized spacial score (nSPS) is 12.7. The van der Waals surface area contributed by atoms with Gasteiger partial charge in [0.25, 0.3) is 0 Å². The summed E-state index contributed by atoms with van der Waals surface area (Å²) in [5.74, 6) is -2.05. The highest BCUT2D eigenvalue weighted by molar-refractivity contribution is 7.92. The molecule has 0 fully saturated rings. The van der Waals surface area contributed by atoms with E-state index in [9.17, 15) is 26.8 Å². The minimum Gasteiger partial charge on any atom is -0.350 e. The Hall–Kier alpha value is -3.01. The zero-order valence-corrected chi connectivity index (χ0v) is 21.5. The first-order chi connectivity index (χ1) is 16.2. The van der Waals surface area contributed by atoms with Gasteiger partial charge in [-0.05, 0) is 52.3 Å². The van der Waals surface area contributed by atoms with E-state index in [1.165, 1.54) is 41.3 Å². The fourth-order valence-corrected chi connectivity index (χ4v) is 4.47. The van der Waals surface area contributed by atoms with Crippen LogP contribution in [0.4, 0.5) is 14.5 Å². The number of benzene rings is 2. The summed E-state index contributed by atoms with van der Waals surface area (Å²) in [7, 11) is -3.81. The maximum absolute atomic E-state index is 14.3. The summed E-state index contributed by atoms with van der Waals surface area (Å²) in [6.45, 7) is 6.71. The fraction of sp³-hybridized carbons (Fsp3) is 0.440. The van der Waals surface area contributed by atoms with E-state index in [1.54, 1.807) is 13.0 Å². The molecule has 35 heavy (non-hydrogen) atoms. The first kappa shape index (κ1) is 28.2. The smallest absolute Gasteiger partial charge is 0.242 e. The van der Waals surface area contributed by atoms with Crippen LogP contribution in [0.1, 0.15) is 46.1 Å². The van der Waals surface area contributed by atoms with Gasteiger partial charge in [-0.15, -0.1) is 0 Å². The van der Waals surface area contributed by atoms with Gasteiger partial charge >= 0.3 is 0 Å². The van der Waals surface area contributed by atoms with Crippen LogP contribution in [0, 0.1) is 11.6 Å². The molecule has 0 saturated carbocycles. The second kappa shape index (κ2) is 11.6. The number of hydrogen-bond donors (Lipinski definition) is 1. The largest absolute Gasteiger partial charge is 0.350 e. The Morgan fingerprint density at radius 1 is 1.00 bits per heavy atom. The second-order valence-corrected chi connectivity index (χ2v) is 11.3. The van der Waals surface area contributed by atoms with E-state index in [4.69, 9.17) is 0 Å². The number of carbonyl (C=O) groups excluding carboxylic acids is 2. The topological polar surface area (TPSA) is 86.8 Å². The van der Waals surface area contributed by atoms with E-state index in [-0.39, 0.29) is 37.2 Å². The Labute approximate surface area is 206 Å². The van der Waals surface area contributed by atoms with Gasteiger partial charge in [0.05, 0.1) is 11.9 Å². The summed E-state index contributed by atoms with van der Waals surface area (Å²) >= 11 is 0. The summed E-state index contributed by atoms with van der Waals surface area (Å²) in [6, 6.07) is 10.6. The van der Waals surface area contributed by atoms with Gasteiger partial charge in [0.2, 0.25) is 21.8 Å². The molecule has 2 aromatic carbocycles. The van der Waals surface area contributed by atoms with Gasteiger partial charge in [0.15, 0.2) is 0 Å². The average molecular weight is 510 g/mol. The number of nitrogens with one attached hydrogen (secondary N) is 1. The lowest BCUT2D eigenvalue weighted by molar-refractivity contribution is -0.141. The quantitative estimate of drug-likeness (QED) is 0.527. The first-order valence-electron chi connectivity index (χ1n) is 11.3. The summed E-state index contributed by atoms with van der Waals surface area (Å²) in [5.41, 5.74) is -0.391. The summed E-state index contributed by atoms with van der Waals surface area (Å²) in [5, 5.41) is 2.82. The van der Waals surface area contributed by atoms with Gasteiger partial charge in [-0.25, -0.2) is 17.2 Å². The Kier molecular flexibility index (Phi) is 9.37. The Morgan fingerprint density at radius 2 is 1.57 bits per heavy atom. The molecular formula is C25H33F2N3O4S. The fourth-order valence-electron chi connectivity index (χ4n) is 3.50. The first-order valence-corrected chi connectivity index (χ1v) is 13.1. The van der Waals surface area contributed by atoms with Gasteiger partial charge < -0.3 is 10.2 Å². The number of amides is 2. The predicted molar refractivity (Wildman–Crippen MR) is 132 cm³/mol.